The van der Waals surface area contributed by atoms with E-state index in [0.29, 0.717) is 0 Å². The normalized spacial score (nSPS) is 14.2. The van der Waals surface area contributed by atoms with Gasteiger partial charge < -0.3 is 15.3 Å². The summed E-state index contributed by atoms with van der Waals surface area (Å²) in [5.41, 5.74) is 0.320. The van der Waals surface area contributed by atoms with Gasteiger partial charge in [-0.15, -0.1) is 0 Å². The van der Waals surface area contributed by atoms with Gasteiger partial charge in [-0.25, -0.2) is 4.79 Å². The van der Waals surface area contributed by atoms with E-state index in [2.05, 4.69) is 0 Å². The van der Waals surface area contributed by atoms with Crippen LogP contribution in [0.25, 0.3) is 0 Å². The molecule has 0 aliphatic rings. The van der Waals surface area contributed by atoms with E-state index in [1.54, 1.807) is 12.1 Å². The molecule has 3 N–H and O–H groups in total. The molecule has 0 aromatic heterocycles. The highest BCUT2D eigenvalue weighted by atomic mass is 16.4. The molecule has 0 fully saturated rings. The van der Waals surface area contributed by atoms with Gasteiger partial charge in [0, 0.05) is 5.56 Å². The molecule has 16 heavy (non-hydrogen) atoms. The molecule has 0 aliphatic carbocycles. The Hall–Kier alpha value is -1.72. The highest BCUT2D eigenvalue weighted by Gasteiger charge is 2.27. The zero-order chi connectivity index (χ0) is 12.3. The van der Waals surface area contributed by atoms with Crippen molar-refractivity contribution in [2.24, 2.45) is 0 Å². The smallest absolute Gasteiger partial charge is 0.335 e. The molecule has 0 saturated heterocycles. The van der Waals surface area contributed by atoms with Crippen LogP contribution in [0.15, 0.2) is 24.3 Å². The quantitative estimate of drug-likeness (QED) is 0.642. The number of hydrogen-bond acceptors (Lipinski definition) is 4. The first kappa shape index (κ1) is 12.4. The summed E-state index contributed by atoms with van der Waals surface area (Å²) in [6.45, 7) is 1.30. The van der Waals surface area contributed by atoms with E-state index in [0.717, 1.165) is 0 Å². The van der Waals surface area contributed by atoms with Gasteiger partial charge in [-0.2, -0.15) is 0 Å². The molecule has 1 aromatic carbocycles. The summed E-state index contributed by atoms with van der Waals surface area (Å²) in [6.07, 6.45) is -3.56. The maximum Gasteiger partial charge on any atom is 0.335 e. The van der Waals surface area contributed by atoms with E-state index in [4.69, 9.17) is 5.11 Å². The van der Waals surface area contributed by atoms with Crippen LogP contribution < -0.4 is 0 Å². The number of ketones is 1. The number of carboxylic acids is 1. The van der Waals surface area contributed by atoms with Crippen molar-refractivity contribution in [3.05, 3.63) is 35.4 Å². The van der Waals surface area contributed by atoms with Gasteiger partial charge in [0.2, 0.25) is 0 Å². The number of rotatable bonds is 4. The summed E-state index contributed by atoms with van der Waals surface area (Å²) < 4.78 is 0. The first-order valence-electron chi connectivity index (χ1n) is 4.64. The Kier molecular flexibility index (Phi) is 3.76. The van der Waals surface area contributed by atoms with Crippen molar-refractivity contribution in [1.29, 1.82) is 0 Å². The number of aliphatic carboxylic acids is 1. The van der Waals surface area contributed by atoms with Gasteiger partial charge in [0.25, 0.3) is 0 Å². The number of hydrogen-bond donors (Lipinski definition) is 3. The second-order valence-corrected chi connectivity index (χ2v) is 3.37. The van der Waals surface area contributed by atoms with Crippen molar-refractivity contribution in [2.45, 2.75) is 19.1 Å². The molecular weight excluding hydrogens is 212 g/mol. The molecule has 2 atom stereocenters. The Morgan fingerprint density at radius 2 is 1.75 bits per heavy atom. The minimum absolute atomic E-state index is 0.116. The molecule has 0 spiro atoms. The van der Waals surface area contributed by atoms with Crippen LogP contribution >= 0.6 is 0 Å². The van der Waals surface area contributed by atoms with Gasteiger partial charge in [0.15, 0.2) is 11.9 Å². The summed E-state index contributed by atoms with van der Waals surface area (Å²) in [4.78, 5) is 21.7. The fourth-order valence-electron chi connectivity index (χ4n) is 1.38. The fraction of sp³-hybridized carbons (Fsp3) is 0.273. The Balaban J connectivity index is 3.12. The van der Waals surface area contributed by atoms with Crippen molar-refractivity contribution >= 4 is 11.8 Å². The summed E-state index contributed by atoms with van der Waals surface area (Å²) in [6, 6.07) is 6.03. The molecule has 1 rings (SSSR count). The maximum atomic E-state index is 11.2. The molecule has 5 heteroatoms. The largest absolute Gasteiger partial charge is 0.479 e. The van der Waals surface area contributed by atoms with Gasteiger partial charge in [0.1, 0.15) is 6.10 Å². The number of aliphatic hydroxyl groups excluding tert-OH is 2. The lowest BCUT2D eigenvalue weighted by Crippen LogP contribution is -2.28. The number of Topliss-reactive ketones (excluding diaryl/α,β-unsaturated/α-hetero) is 1. The summed E-state index contributed by atoms with van der Waals surface area (Å²) >= 11 is 0. The highest BCUT2D eigenvalue weighted by Crippen LogP contribution is 2.21. The third kappa shape index (κ3) is 2.44. The number of carbonyl (C=O) groups is 2. The van der Waals surface area contributed by atoms with Crippen molar-refractivity contribution in [2.75, 3.05) is 0 Å². The first-order chi connectivity index (χ1) is 7.45. The SMILES string of the molecule is CC(=O)c1ccccc1C(O)C(O)C(=O)O. The number of aliphatic hydroxyl groups is 2. The standard InChI is InChI=1S/C11H12O5/c1-6(12)7-4-2-3-5-8(7)9(13)10(14)11(15)16/h2-5,9-10,13-14H,1H3,(H,15,16). The molecule has 0 bridgehead atoms. The molecule has 0 aliphatic heterocycles. The Morgan fingerprint density at radius 3 is 2.25 bits per heavy atom. The second-order valence-electron chi connectivity index (χ2n) is 3.37. The third-order valence-corrected chi connectivity index (χ3v) is 2.21. The van der Waals surface area contributed by atoms with Crippen LogP contribution in [0.2, 0.25) is 0 Å². The molecule has 2 unspecified atom stereocenters. The maximum absolute atomic E-state index is 11.2. The van der Waals surface area contributed by atoms with E-state index in [1.165, 1.54) is 19.1 Å². The van der Waals surface area contributed by atoms with Gasteiger partial charge in [-0.05, 0) is 12.5 Å². The molecule has 5 nitrogen and oxygen atoms in total. The summed E-state index contributed by atoms with van der Waals surface area (Å²) in [5.74, 6) is -1.84. The van der Waals surface area contributed by atoms with Crippen molar-refractivity contribution in [1.82, 2.24) is 0 Å². The van der Waals surface area contributed by atoms with Crippen LogP contribution in [-0.2, 0) is 4.79 Å². The zero-order valence-corrected chi connectivity index (χ0v) is 8.62. The van der Waals surface area contributed by atoms with E-state index >= 15 is 0 Å². The summed E-state index contributed by atoms with van der Waals surface area (Å²) in [5, 5.41) is 27.3. The zero-order valence-electron chi connectivity index (χ0n) is 8.62. The minimum Gasteiger partial charge on any atom is -0.479 e. The van der Waals surface area contributed by atoms with Crippen LogP contribution in [0.3, 0.4) is 0 Å². The molecule has 0 amide bonds. The Labute approximate surface area is 92.0 Å². The number of carboxylic acid groups (broad SMARTS) is 1. The average Bonchev–Trinajstić information content (AvgIpc) is 2.26. The van der Waals surface area contributed by atoms with Gasteiger partial charge >= 0.3 is 5.97 Å². The second kappa shape index (κ2) is 4.87. The molecule has 1 aromatic rings. The predicted octanol–water partition coefficient (Wildman–Crippen LogP) is 0.368. The molecule has 86 valence electrons. The van der Waals surface area contributed by atoms with Crippen LogP contribution in [0, 0.1) is 0 Å². The molecule has 0 saturated carbocycles. The van der Waals surface area contributed by atoms with E-state index < -0.39 is 18.2 Å². The Bertz CT molecular complexity index is 413. The van der Waals surface area contributed by atoms with Crippen molar-refractivity contribution < 1.29 is 24.9 Å². The highest BCUT2D eigenvalue weighted by molar-refractivity contribution is 5.95. The van der Waals surface area contributed by atoms with Crippen molar-refractivity contribution in [3.63, 3.8) is 0 Å². The van der Waals surface area contributed by atoms with E-state index in [-0.39, 0.29) is 16.9 Å². The van der Waals surface area contributed by atoms with E-state index in [1.807, 2.05) is 0 Å². The number of benzene rings is 1. The molecule has 0 radical (unpaired) electrons. The average molecular weight is 224 g/mol. The summed E-state index contributed by atoms with van der Waals surface area (Å²) in [7, 11) is 0. The monoisotopic (exact) mass is 224 g/mol. The van der Waals surface area contributed by atoms with Crippen LogP contribution in [-0.4, -0.2) is 33.2 Å². The van der Waals surface area contributed by atoms with E-state index in [9.17, 15) is 19.8 Å². The lowest BCUT2D eigenvalue weighted by molar-refractivity contribution is -0.153. The van der Waals surface area contributed by atoms with Gasteiger partial charge in [0.05, 0.1) is 0 Å². The topological polar surface area (TPSA) is 94.8 Å². The van der Waals surface area contributed by atoms with Crippen LogP contribution in [0.1, 0.15) is 28.9 Å². The first-order valence-corrected chi connectivity index (χ1v) is 4.64. The van der Waals surface area contributed by atoms with Crippen molar-refractivity contribution in [3.8, 4) is 0 Å². The van der Waals surface area contributed by atoms with Crippen LogP contribution in [0.5, 0.6) is 0 Å². The van der Waals surface area contributed by atoms with Gasteiger partial charge in [-0.1, -0.05) is 24.3 Å². The molecular formula is C11H12O5. The lowest BCUT2D eigenvalue weighted by Gasteiger charge is -2.16. The van der Waals surface area contributed by atoms with Crippen LogP contribution in [0.4, 0.5) is 0 Å². The number of carbonyl (C=O) groups excluding carboxylic acids is 1. The van der Waals surface area contributed by atoms with Gasteiger partial charge in [-0.3, -0.25) is 4.79 Å². The Morgan fingerprint density at radius 1 is 1.19 bits per heavy atom. The third-order valence-electron chi connectivity index (χ3n) is 2.21. The fourth-order valence-corrected chi connectivity index (χ4v) is 1.38. The lowest BCUT2D eigenvalue weighted by atomic mass is 9.96. The predicted molar refractivity (Wildman–Crippen MR) is 55.0 cm³/mol. The minimum atomic E-state index is -1.94. The molecule has 0 heterocycles.